The van der Waals surface area contributed by atoms with E-state index < -0.39 is 0 Å². The molecule has 2 nitrogen and oxygen atoms in total. The predicted octanol–water partition coefficient (Wildman–Crippen LogP) is -1.18. The zero-order chi connectivity index (χ0) is 8.97. The van der Waals surface area contributed by atoms with Crippen molar-refractivity contribution in [3.63, 3.8) is 0 Å². The van der Waals surface area contributed by atoms with Crippen molar-refractivity contribution in [2.24, 2.45) is 0 Å². The quantitative estimate of drug-likeness (QED) is 0.365. The zero-order valence-corrected chi connectivity index (χ0v) is 11.7. The molecular weight excluding hydrogens is 256 g/mol. The van der Waals surface area contributed by atoms with Crippen LogP contribution in [0.1, 0.15) is 13.8 Å². The van der Waals surface area contributed by atoms with E-state index >= 15 is 0 Å². The molecule has 0 atom stereocenters. The van der Waals surface area contributed by atoms with Crippen LogP contribution in [0.15, 0.2) is 29.7 Å². The Balaban J connectivity index is 0. The third-order valence-corrected chi connectivity index (χ3v) is 1.37. The summed E-state index contributed by atoms with van der Waals surface area (Å²) >= 11 is 0. The Bertz CT molecular complexity index is 243. The molecule has 0 amide bonds. The van der Waals surface area contributed by atoms with Gasteiger partial charge in [0.15, 0.2) is 0 Å². The van der Waals surface area contributed by atoms with Crippen molar-refractivity contribution < 1.29 is 26.5 Å². The van der Waals surface area contributed by atoms with Gasteiger partial charge >= 0.3 is 23.1 Å². The fourth-order valence-corrected chi connectivity index (χ4v) is 0.912. The fraction of sp³-hybridized carbons (Fsp3) is 0.400. The summed E-state index contributed by atoms with van der Waals surface area (Å²) < 4.78 is 10.6. The molecule has 1 rings (SSSR count). The van der Waals surface area contributed by atoms with Crippen molar-refractivity contribution >= 4 is 23.1 Å². The first-order valence-electron chi connectivity index (χ1n) is 3.94. The van der Waals surface area contributed by atoms with E-state index in [4.69, 9.17) is 9.47 Å². The van der Waals surface area contributed by atoms with Gasteiger partial charge in [-0.25, -0.2) is 0 Å². The number of ether oxygens (including phenoxy) is 2. The van der Waals surface area contributed by atoms with Crippen LogP contribution in [0.25, 0.3) is 0 Å². The first kappa shape index (κ1) is 16.6. The van der Waals surface area contributed by atoms with Gasteiger partial charge in [-0.05, 0) is 13.8 Å². The van der Waals surface area contributed by atoms with Crippen LogP contribution in [0.4, 0.5) is 0 Å². The van der Waals surface area contributed by atoms with E-state index in [0.29, 0.717) is 0 Å². The maximum absolute atomic E-state index is 5.49. The van der Waals surface area contributed by atoms with Crippen LogP contribution in [0.3, 0.4) is 0 Å². The topological polar surface area (TPSA) is 18.5 Å². The first-order chi connectivity index (χ1) is 5.74. The monoisotopic (exact) mass is 268 g/mol. The molecule has 14 heavy (non-hydrogen) atoms. The standard InChI is InChI=1S/C10H13O2.BrH.Mg/c1-8(2)12-10-7-5-4-6-9(10)11-3;;/h5-8H,1-3H3;1H;/q-1;;+2/p-1. The molecule has 0 saturated carbocycles. The Hall–Kier alpha value is 0.136. The number of methoxy groups -OCH3 is 1. The molecule has 0 N–H and O–H groups in total. The maximum atomic E-state index is 5.49. The normalized spacial score (nSPS) is 13.1. The molecule has 1 aliphatic rings. The predicted molar refractivity (Wildman–Crippen MR) is 53.0 cm³/mol. The Kier molecular flexibility index (Phi) is 9.99. The maximum Gasteiger partial charge on any atom is 2.00 e. The average molecular weight is 269 g/mol. The molecule has 0 unspecified atom stereocenters. The smallest absolute Gasteiger partial charge is 1.00 e. The van der Waals surface area contributed by atoms with Crippen molar-refractivity contribution in [2.75, 3.05) is 7.11 Å². The average Bonchev–Trinajstić information content (AvgIpc) is 2.04. The van der Waals surface area contributed by atoms with E-state index in [1.165, 1.54) is 0 Å². The van der Waals surface area contributed by atoms with Crippen molar-refractivity contribution in [1.29, 1.82) is 0 Å². The van der Waals surface area contributed by atoms with E-state index in [9.17, 15) is 0 Å². The fourth-order valence-electron chi connectivity index (χ4n) is 0.912. The van der Waals surface area contributed by atoms with Crippen molar-refractivity contribution in [3.05, 3.63) is 35.8 Å². The van der Waals surface area contributed by atoms with Gasteiger partial charge in [-0.1, -0.05) is 0 Å². The minimum absolute atomic E-state index is 0. The Labute approximate surface area is 112 Å². The van der Waals surface area contributed by atoms with Crippen LogP contribution in [0, 0.1) is 6.10 Å². The minimum Gasteiger partial charge on any atom is -1.00 e. The van der Waals surface area contributed by atoms with E-state index in [1.807, 2.05) is 19.9 Å². The summed E-state index contributed by atoms with van der Waals surface area (Å²) in [5.74, 6) is 0.770. The van der Waals surface area contributed by atoms with Crippen molar-refractivity contribution in [3.8, 4) is 0 Å². The Morgan fingerprint density at radius 3 is 2.57 bits per heavy atom. The Morgan fingerprint density at radius 1 is 1.43 bits per heavy atom. The van der Waals surface area contributed by atoms with Crippen LogP contribution >= 0.6 is 0 Å². The molecule has 74 valence electrons. The largest absolute Gasteiger partial charge is 2.00 e. The van der Waals surface area contributed by atoms with Gasteiger partial charge in [-0.3, -0.25) is 5.73 Å². The molecule has 0 radical (unpaired) electrons. The summed E-state index contributed by atoms with van der Waals surface area (Å²) in [5.41, 5.74) is 2.92. The van der Waals surface area contributed by atoms with Gasteiger partial charge in [0.1, 0.15) is 0 Å². The van der Waals surface area contributed by atoms with Gasteiger partial charge < -0.3 is 26.5 Å². The third-order valence-electron chi connectivity index (χ3n) is 1.37. The second kappa shape index (κ2) is 8.45. The van der Waals surface area contributed by atoms with E-state index in [-0.39, 0.29) is 46.1 Å². The zero-order valence-electron chi connectivity index (χ0n) is 8.71. The van der Waals surface area contributed by atoms with Gasteiger partial charge in [0.25, 0.3) is 0 Å². The molecule has 4 heteroatoms. The van der Waals surface area contributed by atoms with Gasteiger partial charge in [-0.2, -0.15) is 0 Å². The number of hydrogen-bond donors (Lipinski definition) is 0. The summed E-state index contributed by atoms with van der Waals surface area (Å²) in [6.45, 7) is 3.96. The molecular formula is C10H13BrMgO2. The van der Waals surface area contributed by atoms with Crippen LogP contribution < -0.4 is 17.0 Å². The summed E-state index contributed by atoms with van der Waals surface area (Å²) in [6.07, 6.45) is 6.31. The summed E-state index contributed by atoms with van der Waals surface area (Å²) in [5, 5.41) is 0. The number of rotatable bonds is 3. The van der Waals surface area contributed by atoms with Crippen molar-refractivity contribution in [2.45, 2.75) is 20.0 Å². The van der Waals surface area contributed by atoms with Gasteiger partial charge in [-0.15, -0.1) is 18.2 Å². The van der Waals surface area contributed by atoms with E-state index in [2.05, 4.69) is 5.73 Å². The molecule has 0 bridgehead atoms. The second-order valence-corrected chi connectivity index (χ2v) is 2.74. The third kappa shape index (κ3) is 5.13. The number of hydrogen-bond acceptors (Lipinski definition) is 2. The second-order valence-electron chi connectivity index (χ2n) is 2.74. The van der Waals surface area contributed by atoms with Crippen LogP contribution in [0.2, 0.25) is 0 Å². The summed E-state index contributed by atoms with van der Waals surface area (Å²) in [7, 11) is 1.62. The molecule has 0 spiro atoms. The van der Waals surface area contributed by atoms with Gasteiger partial charge in [0.2, 0.25) is 0 Å². The SMILES string of the molecule is CO[C-]1C=C=CC=C1OC(C)C.[Br-].[Mg+2]. The van der Waals surface area contributed by atoms with Gasteiger partial charge in [0.05, 0.1) is 6.10 Å². The van der Waals surface area contributed by atoms with Crippen LogP contribution in [-0.2, 0) is 9.47 Å². The summed E-state index contributed by atoms with van der Waals surface area (Å²) in [4.78, 5) is 0. The van der Waals surface area contributed by atoms with Crippen molar-refractivity contribution in [1.82, 2.24) is 0 Å². The van der Waals surface area contributed by atoms with E-state index in [0.717, 1.165) is 11.9 Å². The van der Waals surface area contributed by atoms with Gasteiger partial charge in [0, 0.05) is 19.0 Å². The molecule has 0 aromatic carbocycles. The molecule has 1 aliphatic carbocycles. The van der Waals surface area contributed by atoms with E-state index in [1.54, 1.807) is 19.3 Å². The molecule has 0 aromatic rings. The summed E-state index contributed by atoms with van der Waals surface area (Å²) in [6, 6.07) is 0. The molecule has 0 aromatic heterocycles. The number of allylic oxidation sites excluding steroid dienone is 1. The first-order valence-corrected chi connectivity index (χ1v) is 3.94. The molecule has 0 aliphatic heterocycles. The molecule has 0 heterocycles. The number of halogens is 1. The Morgan fingerprint density at radius 2 is 2.07 bits per heavy atom. The molecule has 0 fully saturated rings. The molecule has 0 saturated heterocycles. The minimum atomic E-state index is 0. The van der Waals surface area contributed by atoms with Crippen LogP contribution in [-0.4, -0.2) is 36.3 Å². The van der Waals surface area contributed by atoms with Crippen LogP contribution in [0.5, 0.6) is 0 Å².